The molecule has 0 radical (unpaired) electrons. The summed E-state index contributed by atoms with van der Waals surface area (Å²) in [6.45, 7) is 8.28. The number of nitrogens with one attached hydrogen (secondary N) is 2. The Hall–Kier alpha value is -1.58. The highest BCUT2D eigenvalue weighted by molar-refractivity contribution is 14.0. The summed E-state index contributed by atoms with van der Waals surface area (Å²) in [5, 5.41) is 6.75. The second-order valence-corrected chi connectivity index (χ2v) is 8.59. The van der Waals surface area contributed by atoms with E-state index in [1.54, 1.807) is 0 Å². The van der Waals surface area contributed by atoms with Gasteiger partial charge in [0.2, 0.25) is 5.91 Å². The summed E-state index contributed by atoms with van der Waals surface area (Å²) in [4.78, 5) is 25.9. The van der Waals surface area contributed by atoms with Crippen LogP contribution in [0.2, 0.25) is 0 Å². The van der Waals surface area contributed by atoms with Crippen molar-refractivity contribution in [2.45, 2.75) is 71.3 Å². The highest BCUT2D eigenvalue weighted by Crippen LogP contribution is 2.18. The molecule has 2 aliphatic heterocycles. The molecule has 8 heteroatoms. The van der Waals surface area contributed by atoms with Gasteiger partial charge in [0.1, 0.15) is 5.82 Å². The number of carbonyl (C=O) groups is 1. The van der Waals surface area contributed by atoms with Crippen molar-refractivity contribution in [1.82, 2.24) is 20.5 Å². The van der Waals surface area contributed by atoms with Crippen LogP contribution in [0.1, 0.15) is 70.3 Å². The summed E-state index contributed by atoms with van der Waals surface area (Å²) in [6.07, 6.45) is 12.1. The lowest BCUT2D eigenvalue weighted by molar-refractivity contribution is -0.130. The first-order valence-electron chi connectivity index (χ1n) is 12.3. The minimum absolute atomic E-state index is 0. The Kier molecular flexibility index (Phi) is 12.7. The van der Waals surface area contributed by atoms with E-state index in [2.05, 4.69) is 39.6 Å². The summed E-state index contributed by atoms with van der Waals surface area (Å²) in [5.41, 5.74) is 1.18. The maximum atomic E-state index is 12.1. The average Bonchev–Trinajstić information content (AvgIpc) is 3.18. The van der Waals surface area contributed by atoms with Gasteiger partial charge in [-0.25, -0.2) is 9.98 Å². The van der Waals surface area contributed by atoms with Gasteiger partial charge in [0, 0.05) is 51.9 Å². The van der Waals surface area contributed by atoms with Crippen molar-refractivity contribution in [3.63, 3.8) is 0 Å². The van der Waals surface area contributed by atoms with Crippen LogP contribution < -0.4 is 15.5 Å². The Bertz CT molecular complexity index is 705. The van der Waals surface area contributed by atoms with Crippen LogP contribution in [0.15, 0.2) is 23.3 Å². The van der Waals surface area contributed by atoms with Crippen LogP contribution in [0.3, 0.4) is 0 Å². The lowest BCUT2D eigenvalue weighted by Crippen LogP contribution is -2.39. The number of pyridine rings is 1. The van der Waals surface area contributed by atoms with Gasteiger partial charge in [-0.05, 0) is 56.7 Å². The Labute approximate surface area is 210 Å². The molecule has 2 fully saturated rings. The van der Waals surface area contributed by atoms with E-state index in [4.69, 9.17) is 4.99 Å². The van der Waals surface area contributed by atoms with Gasteiger partial charge in [-0.3, -0.25) is 4.79 Å². The third-order valence-corrected chi connectivity index (χ3v) is 6.07. The number of nitrogens with zero attached hydrogens (tertiary/aromatic N) is 4. The van der Waals surface area contributed by atoms with Crippen molar-refractivity contribution in [1.29, 1.82) is 0 Å². The predicted octanol–water partition coefficient (Wildman–Crippen LogP) is 3.93. The number of aromatic nitrogens is 1. The van der Waals surface area contributed by atoms with E-state index in [0.717, 1.165) is 70.3 Å². The number of rotatable bonds is 8. The molecule has 2 N–H and O–H groups in total. The minimum atomic E-state index is 0. The molecule has 0 aromatic carbocycles. The van der Waals surface area contributed by atoms with E-state index < -0.39 is 0 Å². The van der Waals surface area contributed by atoms with Gasteiger partial charge in [0.15, 0.2) is 5.96 Å². The maximum absolute atomic E-state index is 12.1. The Morgan fingerprint density at radius 1 is 1.06 bits per heavy atom. The standard InChI is InChI=1S/C24H40N6O.HI/c1-2-25-24(27-13-10-18-30-17-9-5-6-11-23(30)31)28-20-21-12-14-26-22(19-21)29-15-7-3-4-8-16-29;/h12,14,19H,2-11,13,15-18,20H2,1H3,(H2,25,27,28);1H. The molecular formula is C24H41IN6O. The van der Waals surface area contributed by atoms with Crippen molar-refractivity contribution in [2.75, 3.05) is 44.2 Å². The molecule has 2 aliphatic rings. The van der Waals surface area contributed by atoms with E-state index >= 15 is 0 Å². The number of hydrogen-bond donors (Lipinski definition) is 2. The molecule has 3 heterocycles. The topological polar surface area (TPSA) is 72.9 Å². The molecule has 3 rings (SSSR count). The Morgan fingerprint density at radius 3 is 2.59 bits per heavy atom. The van der Waals surface area contributed by atoms with Gasteiger partial charge in [-0.2, -0.15) is 0 Å². The van der Waals surface area contributed by atoms with Crippen LogP contribution in [0, 0.1) is 0 Å². The molecule has 180 valence electrons. The van der Waals surface area contributed by atoms with Gasteiger partial charge >= 0.3 is 0 Å². The number of guanidine groups is 1. The molecule has 1 aromatic heterocycles. The average molecular weight is 557 g/mol. The highest BCUT2D eigenvalue weighted by Gasteiger charge is 2.15. The summed E-state index contributed by atoms with van der Waals surface area (Å²) in [6, 6.07) is 4.24. The zero-order valence-corrected chi connectivity index (χ0v) is 22.0. The smallest absolute Gasteiger partial charge is 0.222 e. The summed E-state index contributed by atoms with van der Waals surface area (Å²) < 4.78 is 0. The van der Waals surface area contributed by atoms with E-state index in [0.29, 0.717) is 18.9 Å². The molecule has 7 nitrogen and oxygen atoms in total. The number of hydrogen-bond acceptors (Lipinski definition) is 4. The Balaban J connectivity index is 0.00000363. The van der Waals surface area contributed by atoms with Gasteiger partial charge < -0.3 is 20.4 Å². The van der Waals surface area contributed by atoms with Crippen LogP contribution in [-0.4, -0.2) is 61.0 Å². The van der Waals surface area contributed by atoms with Crippen LogP contribution in [0.5, 0.6) is 0 Å². The lowest BCUT2D eigenvalue weighted by Gasteiger charge is -2.21. The second kappa shape index (κ2) is 15.3. The van der Waals surface area contributed by atoms with Gasteiger partial charge in [-0.1, -0.05) is 19.3 Å². The molecule has 2 saturated heterocycles. The van der Waals surface area contributed by atoms with Crippen molar-refractivity contribution >= 4 is 41.7 Å². The number of aliphatic imine (C=N–C) groups is 1. The SMILES string of the molecule is CCNC(=NCc1ccnc(N2CCCCCC2)c1)NCCCN1CCCCCC1=O.I. The van der Waals surface area contributed by atoms with E-state index in [1.807, 2.05) is 11.1 Å². The van der Waals surface area contributed by atoms with Crippen LogP contribution in [0.25, 0.3) is 0 Å². The van der Waals surface area contributed by atoms with Gasteiger partial charge in [-0.15, -0.1) is 24.0 Å². The molecule has 32 heavy (non-hydrogen) atoms. The number of amides is 1. The van der Waals surface area contributed by atoms with Gasteiger partial charge in [0.25, 0.3) is 0 Å². The zero-order valence-electron chi connectivity index (χ0n) is 19.7. The summed E-state index contributed by atoms with van der Waals surface area (Å²) in [5.74, 6) is 2.23. The van der Waals surface area contributed by atoms with Crippen LogP contribution >= 0.6 is 24.0 Å². The minimum Gasteiger partial charge on any atom is -0.357 e. The molecule has 1 amide bonds. The third-order valence-electron chi connectivity index (χ3n) is 6.07. The van der Waals surface area contributed by atoms with E-state index in [9.17, 15) is 4.79 Å². The zero-order chi connectivity index (χ0) is 21.7. The number of carbonyl (C=O) groups excluding carboxylic acids is 1. The fourth-order valence-electron chi connectivity index (χ4n) is 4.30. The molecule has 0 aliphatic carbocycles. The molecule has 0 atom stereocenters. The number of anilines is 1. The molecule has 0 saturated carbocycles. The predicted molar refractivity (Wildman–Crippen MR) is 143 cm³/mol. The quantitative estimate of drug-likeness (QED) is 0.220. The molecule has 1 aromatic rings. The van der Waals surface area contributed by atoms with Crippen molar-refractivity contribution < 1.29 is 4.79 Å². The first-order valence-corrected chi connectivity index (χ1v) is 12.3. The maximum Gasteiger partial charge on any atom is 0.222 e. The van der Waals surface area contributed by atoms with Crippen LogP contribution in [-0.2, 0) is 11.3 Å². The van der Waals surface area contributed by atoms with Crippen LogP contribution in [0.4, 0.5) is 5.82 Å². The first-order chi connectivity index (χ1) is 15.3. The third kappa shape index (κ3) is 9.11. The summed E-state index contributed by atoms with van der Waals surface area (Å²) in [7, 11) is 0. The highest BCUT2D eigenvalue weighted by atomic mass is 127. The molecular weight excluding hydrogens is 515 g/mol. The molecule has 0 bridgehead atoms. The number of likely N-dealkylation sites (tertiary alicyclic amines) is 1. The number of halogens is 1. The van der Waals surface area contributed by atoms with Gasteiger partial charge in [0.05, 0.1) is 6.54 Å². The second-order valence-electron chi connectivity index (χ2n) is 8.59. The molecule has 0 unspecified atom stereocenters. The van der Waals surface area contributed by atoms with Crippen molar-refractivity contribution in [2.24, 2.45) is 4.99 Å². The first kappa shape index (κ1) is 26.7. The van der Waals surface area contributed by atoms with Crippen molar-refractivity contribution in [3.8, 4) is 0 Å². The van der Waals surface area contributed by atoms with E-state index in [1.165, 1.54) is 37.7 Å². The fraction of sp³-hybridized carbons (Fsp3) is 0.708. The Morgan fingerprint density at radius 2 is 1.81 bits per heavy atom. The van der Waals surface area contributed by atoms with E-state index in [-0.39, 0.29) is 24.0 Å². The monoisotopic (exact) mass is 556 g/mol. The van der Waals surface area contributed by atoms with Crippen molar-refractivity contribution in [3.05, 3.63) is 23.9 Å². The molecule has 0 spiro atoms. The fourth-order valence-corrected chi connectivity index (χ4v) is 4.30. The lowest BCUT2D eigenvalue weighted by atomic mass is 10.2. The largest absolute Gasteiger partial charge is 0.357 e. The summed E-state index contributed by atoms with van der Waals surface area (Å²) >= 11 is 0. The normalized spacial score (nSPS) is 17.9.